The van der Waals surface area contributed by atoms with Crippen molar-refractivity contribution in [1.82, 2.24) is 30.2 Å². The summed E-state index contributed by atoms with van der Waals surface area (Å²) in [5.74, 6) is 1.55. The Morgan fingerprint density at radius 3 is 2.74 bits per heavy atom. The molecule has 0 unspecified atom stereocenters. The Balaban J connectivity index is 0.00000261. The predicted octanol–water partition coefficient (Wildman–Crippen LogP) is 3.36. The molecule has 9 heteroatoms. The highest BCUT2D eigenvalue weighted by atomic mass is 127. The molecule has 2 N–H and O–H groups in total. The van der Waals surface area contributed by atoms with Gasteiger partial charge in [-0.1, -0.05) is 26.8 Å². The van der Waals surface area contributed by atoms with Crippen molar-refractivity contribution in [3.05, 3.63) is 46.3 Å². The van der Waals surface area contributed by atoms with Gasteiger partial charge in [-0.3, -0.25) is 4.40 Å². The number of aliphatic imine (C=N–C) groups is 1. The molecule has 3 aromatic heterocycles. The first-order valence-electron chi connectivity index (χ1n) is 8.73. The van der Waals surface area contributed by atoms with E-state index in [2.05, 4.69) is 52.0 Å². The molecule has 0 aliphatic heterocycles. The van der Waals surface area contributed by atoms with Crippen LogP contribution in [0.15, 0.2) is 34.8 Å². The highest BCUT2D eigenvalue weighted by Gasteiger charge is 2.17. The summed E-state index contributed by atoms with van der Waals surface area (Å²) >= 11 is 1.67. The topological polar surface area (TPSA) is 79.5 Å². The van der Waals surface area contributed by atoms with Crippen LogP contribution in [0.2, 0.25) is 0 Å². The van der Waals surface area contributed by atoms with Gasteiger partial charge in [-0.15, -0.1) is 45.5 Å². The second-order valence-electron chi connectivity index (χ2n) is 6.97. The lowest BCUT2D eigenvalue weighted by Gasteiger charge is -2.14. The van der Waals surface area contributed by atoms with E-state index in [1.165, 1.54) is 0 Å². The van der Waals surface area contributed by atoms with Gasteiger partial charge in [0.2, 0.25) is 0 Å². The Bertz CT molecular complexity index is 894. The molecule has 0 saturated carbocycles. The van der Waals surface area contributed by atoms with E-state index in [-0.39, 0.29) is 29.4 Å². The van der Waals surface area contributed by atoms with E-state index in [0.29, 0.717) is 13.1 Å². The van der Waals surface area contributed by atoms with Crippen molar-refractivity contribution in [2.45, 2.75) is 46.2 Å². The Hall–Kier alpha value is -1.75. The van der Waals surface area contributed by atoms with Crippen molar-refractivity contribution < 1.29 is 0 Å². The maximum atomic E-state index is 4.71. The minimum absolute atomic E-state index is 0. The molecule has 3 heterocycles. The van der Waals surface area contributed by atoms with E-state index in [9.17, 15) is 0 Å². The van der Waals surface area contributed by atoms with Crippen LogP contribution in [0.25, 0.3) is 5.65 Å². The maximum Gasteiger partial charge on any atom is 0.192 e. The molecule has 27 heavy (non-hydrogen) atoms. The van der Waals surface area contributed by atoms with Crippen molar-refractivity contribution in [3.8, 4) is 0 Å². The summed E-state index contributed by atoms with van der Waals surface area (Å²) in [6.45, 7) is 10.5. The summed E-state index contributed by atoms with van der Waals surface area (Å²) in [5, 5.41) is 18.2. The zero-order chi connectivity index (χ0) is 18.6. The Morgan fingerprint density at radius 1 is 1.22 bits per heavy atom. The van der Waals surface area contributed by atoms with Crippen molar-refractivity contribution >= 4 is 46.9 Å². The van der Waals surface area contributed by atoms with Gasteiger partial charge in [-0.05, 0) is 19.1 Å². The molecule has 0 spiro atoms. The number of guanidine groups is 1. The molecule has 0 saturated heterocycles. The number of hydrogen-bond acceptors (Lipinski definition) is 5. The van der Waals surface area contributed by atoms with E-state index in [1.54, 1.807) is 11.3 Å². The molecule has 0 aromatic carbocycles. The summed E-state index contributed by atoms with van der Waals surface area (Å²) < 4.78 is 1.95. The van der Waals surface area contributed by atoms with Gasteiger partial charge in [0.25, 0.3) is 0 Å². The molecule has 7 nitrogen and oxygen atoms in total. The summed E-state index contributed by atoms with van der Waals surface area (Å²) in [4.78, 5) is 9.34. The van der Waals surface area contributed by atoms with E-state index in [4.69, 9.17) is 4.98 Å². The molecule has 0 bridgehead atoms. The number of rotatable bonds is 5. The van der Waals surface area contributed by atoms with Gasteiger partial charge in [-0.25, -0.2) is 9.98 Å². The smallest absolute Gasteiger partial charge is 0.192 e. The maximum absolute atomic E-state index is 4.71. The van der Waals surface area contributed by atoms with E-state index < -0.39 is 0 Å². The molecule has 146 valence electrons. The third-order valence-electron chi connectivity index (χ3n) is 3.83. The van der Waals surface area contributed by atoms with E-state index in [0.717, 1.165) is 34.7 Å². The van der Waals surface area contributed by atoms with Crippen LogP contribution in [0, 0.1) is 0 Å². The molecule has 3 rings (SSSR count). The number of nitrogens with one attached hydrogen (secondary N) is 2. The van der Waals surface area contributed by atoms with E-state index in [1.807, 2.05) is 35.7 Å². The molecule has 0 fully saturated rings. The fourth-order valence-corrected chi connectivity index (χ4v) is 3.35. The Morgan fingerprint density at radius 2 is 2.04 bits per heavy atom. The highest BCUT2D eigenvalue weighted by Crippen LogP contribution is 2.23. The van der Waals surface area contributed by atoms with Crippen molar-refractivity contribution in [1.29, 1.82) is 0 Å². The second-order valence-corrected chi connectivity index (χ2v) is 7.91. The number of halogens is 1. The number of fused-ring (bicyclic) bond motifs is 1. The number of thiazole rings is 1. The van der Waals surface area contributed by atoms with Gasteiger partial charge in [0.1, 0.15) is 11.6 Å². The SMILES string of the molecule is CCNC(=NCc1nnc2ccccn12)NCc1nc(C(C)(C)C)cs1.I. The monoisotopic (exact) mass is 499 g/mol. The van der Waals surface area contributed by atoms with Gasteiger partial charge in [-0.2, -0.15) is 0 Å². The first kappa shape index (κ1) is 21.5. The molecular formula is C18H26IN7S. The number of aromatic nitrogens is 4. The van der Waals surface area contributed by atoms with Crippen molar-refractivity contribution in [3.63, 3.8) is 0 Å². The largest absolute Gasteiger partial charge is 0.357 e. The molecule has 0 aliphatic rings. The van der Waals surface area contributed by atoms with Gasteiger partial charge >= 0.3 is 0 Å². The van der Waals surface area contributed by atoms with Crippen LogP contribution in [-0.2, 0) is 18.5 Å². The summed E-state index contributed by atoms with van der Waals surface area (Å²) in [6.07, 6.45) is 1.95. The molecule has 0 amide bonds. The normalized spacial score (nSPS) is 12.1. The molecule has 0 aliphatic carbocycles. The molecule has 0 atom stereocenters. The van der Waals surface area contributed by atoms with E-state index >= 15 is 0 Å². The lowest BCUT2D eigenvalue weighted by Crippen LogP contribution is -2.36. The van der Waals surface area contributed by atoms with Gasteiger partial charge in [0.05, 0.1) is 12.2 Å². The Labute approximate surface area is 180 Å². The second kappa shape index (κ2) is 9.45. The predicted molar refractivity (Wildman–Crippen MR) is 121 cm³/mol. The average molecular weight is 499 g/mol. The van der Waals surface area contributed by atoms with Crippen LogP contribution < -0.4 is 10.6 Å². The summed E-state index contributed by atoms with van der Waals surface area (Å²) in [7, 11) is 0. The fraction of sp³-hybridized carbons (Fsp3) is 0.444. The first-order valence-corrected chi connectivity index (χ1v) is 9.61. The number of nitrogens with zero attached hydrogens (tertiary/aromatic N) is 5. The third kappa shape index (κ3) is 5.61. The quantitative estimate of drug-likeness (QED) is 0.320. The van der Waals surface area contributed by atoms with Crippen LogP contribution in [0.1, 0.15) is 44.2 Å². The molecular weight excluding hydrogens is 473 g/mol. The van der Waals surface area contributed by atoms with Crippen LogP contribution in [0.4, 0.5) is 0 Å². The summed E-state index contributed by atoms with van der Waals surface area (Å²) in [5.41, 5.74) is 2.02. The van der Waals surface area contributed by atoms with Crippen LogP contribution >= 0.6 is 35.3 Å². The molecule has 3 aromatic rings. The Kier molecular flexibility index (Phi) is 7.54. The highest BCUT2D eigenvalue weighted by molar-refractivity contribution is 14.0. The minimum Gasteiger partial charge on any atom is -0.357 e. The number of hydrogen-bond donors (Lipinski definition) is 2. The summed E-state index contributed by atoms with van der Waals surface area (Å²) in [6, 6.07) is 5.84. The molecule has 0 radical (unpaired) electrons. The van der Waals surface area contributed by atoms with Crippen LogP contribution in [-0.4, -0.2) is 32.1 Å². The van der Waals surface area contributed by atoms with Crippen molar-refractivity contribution in [2.24, 2.45) is 4.99 Å². The lowest BCUT2D eigenvalue weighted by molar-refractivity contribution is 0.570. The fourth-order valence-electron chi connectivity index (χ4n) is 2.39. The van der Waals surface area contributed by atoms with Crippen molar-refractivity contribution in [2.75, 3.05) is 6.54 Å². The number of pyridine rings is 1. The minimum atomic E-state index is 0. The average Bonchev–Trinajstić information content (AvgIpc) is 3.24. The zero-order valence-electron chi connectivity index (χ0n) is 16.1. The van der Waals surface area contributed by atoms with Crippen LogP contribution in [0.3, 0.4) is 0 Å². The zero-order valence-corrected chi connectivity index (χ0v) is 19.2. The van der Waals surface area contributed by atoms with Crippen LogP contribution in [0.5, 0.6) is 0 Å². The van der Waals surface area contributed by atoms with Gasteiger partial charge < -0.3 is 10.6 Å². The lowest BCUT2D eigenvalue weighted by atomic mass is 9.93. The van der Waals surface area contributed by atoms with Gasteiger partial charge in [0, 0.05) is 23.5 Å². The standard InChI is InChI=1S/C18H25N7S.HI/c1-5-19-17(21-11-16-22-13(12-26-16)18(2,3)4)20-10-15-24-23-14-8-6-7-9-25(14)15;/h6-9,12H,5,10-11H2,1-4H3,(H2,19,20,21);1H. The third-order valence-corrected chi connectivity index (χ3v) is 4.68. The first-order chi connectivity index (χ1) is 12.5. The van der Waals surface area contributed by atoms with Gasteiger partial charge in [0.15, 0.2) is 17.4 Å².